The van der Waals surface area contributed by atoms with Gasteiger partial charge < -0.3 is 9.13 Å². The molecule has 44 heavy (non-hydrogen) atoms. The number of imidazole rings is 1. The number of rotatable bonds is 9. The summed E-state index contributed by atoms with van der Waals surface area (Å²) in [6.07, 6.45) is 1.83. The van der Waals surface area contributed by atoms with E-state index in [4.69, 9.17) is 4.98 Å². The Morgan fingerprint density at radius 1 is 0.886 bits per heavy atom. The monoisotopic (exact) mass is 612 g/mol. The number of alkyl halides is 3. The van der Waals surface area contributed by atoms with Crippen molar-refractivity contribution in [2.24, 2.45) is 0 Å². The van der Waals surface area contributed by atoms with Crippen molar-refractivity contribution in [3.05, 3.63) is 141 Å². The van der Waals surface area contributed by atoms with Crippen molar-refractivity contribution in [3.8, 4) is 11.1 Å². The second-order valence-electron chi connectivity index (χ2n) is 11.0. The highest BCUT2D eigenvalue weighted by molar-refractivity contribution is 7.98. The lowest BCUT2D eigenvalue weighted by Gasteiger charge is -2.18. The number of fused-ring (bicyclic) bond motifs is 1. The van der Waals surface area contributed by atoms with Gasteiger partial charge in [-0.15, -0.1) is 0 Å². The molecule has 2 aromatic heterocycles. The van der Waals surface area contributed by atoms with Gasteiger partial charge in [-0.2, -0.15) is 18.2 Å². The second kappa shape index (κ2) is 12.3. The molecule has 0 aliphatic heterocycles. The van der Waals surface area contributed by atoms with Crippen LogP contribution >= 0.6 is 11.8 Å². The third kappa shape index (κ3) is 6.28. The van der Waals surface area contributed by atoms with Gasteiger partial charge in [0.05, 0.1) is 12.1 Å². The topological polar surface area (TPSA) is 52.7 Å². The predicted octanol–water partition coefficient (Wildman–Crippen LogP) is 7.95. The van der Waals surface area contributed by atoms with Crippen LogP contribution < -0.4 is 5.56 Å². The summed E-state index contributed by atoms with van der Waals surface area (Å²) in [6, 6.07) is 21.3. The minimum Gasteiger partial charge on any atom is -0.326 e. The Bertz CT molecular complexity index is 1860. The van der Waals surface area contributed by atoms with Crippen molar-refractivity contribution in [1.29, 1.82) is 0 Å². The van der Waals surface area contributed by atoms with E-state index >= 15 is 0 Å². The number of aryl methyl sites for hydroxylation is 1. The summed E-state index contributed by atoms with van der Waals surface area (Å²) in [7, 11) is 0. The van der Waals surface area contributed by atoms with Crippen LogP contribution in [-0.2, 0) is 37.9 Å². The van der Waals surface area contributed by atoms with E-state index in [0.717, 1.165) is 82.0 Å². The lowest BCUT2D eigenvalue weighted by molar-refractivity contribution is -0.137. The standard InChI is InChI=1S/C35H31F3N4OS/c1-3-24-7-9-26(10-8-24)22-44-34-40-33(43)30-5-4-6-31(30)42(34)21-32-39-19-23(2)41(32)20-25-11-13-27(14-12-25)28-15-17-29(18-16-28)35(36,37)38/h3,7-19H,1,4-6,20-22H2,2H3. The van der Waals surface area contributed by atoms with Crippen molar-refractivity contribution in [2.75, 3.05) is 0 Å². The van der Waals surface area contributed by atoms with E-state index in [0.29, 0.717) is 24.0 Å². The predicted molar refractivity (Wildman–Crippen MR) is 169 cm³/mol. The highest BCUT2D eigenvalue weighted by Crippen LogP contribution is 2.31. The smallest absolute Gasteiger partial charge is 0.326 e. The zero-order chi connectivity index (χ0) is 30.8. The molecule has 6 rings (SSSR count). The summed E-state index contributed by atoms with van der Waals surface area (Å²) in [5.74, 6) is 1.55. The molecule has 0 fully saturated rings. The molecule has 3 aromatic carbocycles. The molecule has 224 valence electrons. The molecule has 0 amide bonds. The summed E-state index contributed by atoms with van der Waals surface area (Å²) in [4.78, 5) is 22.2. The summed E-state index contributed by atoms with van der Waals surface area (Å²) in [5, 5.41) is 0.691. The van der Waals surface area contributed by atoms with Crippen molar-refractivity contribution in [3.63, 3.8) is 0 Å². The quantitative estimate of drug-likeness (QED) is 0.125. The van der Waals surface area contributed by atoms with E-state index in [1.807, 2.05) is 55.6 Å². The van der Waals surface area contributed by atoms with Gasteiger partial charge in [-0.1, -0.05) is 85.1 Å². The fraction of sp³-hybridized carbons (Fsp3) is 0.229. The first-order valence-corrected chi connectivity index (χ1v) is 15.4. The van der Waals surface area contributed by atoms with Crippen LogP contribution in [0.3, 0.4) is 0 Å². The Labute approximate surface area is 258 Å². The first-order valence-electron chi connectivity index (χ1n) is 14.4. The molecule has 0 saturated heterocycles. The van der Waals surface area contributed by atoms with E-state index in [1.54, 1.807) is 11.8 Å². The number of thioether (sulfide) groups is 1. The molecule has 9 heteroatoms. The molecule has 0 N–H and O–H groups in total. The Balaban J connectivity index is 1.24. The fourth-order valence-corrected chi connectivity index (χ4v) is 6.55. The van der Waals surface area contributed by atoms with Crippen LogP contribution in [0.4, 0.5) is 13.2 Å². The van der Waals surface area contributed by atoms with E-state index in [2.05, 4.69) is 32.8 Å². The molecule has 5 aromatic rings. The van der Waals surface area contributed by atoms with Gasteiger partial charge in [0.15, 0.2) is 5.16 Å². The highest BCUT2D eigenvalue weighted by atomic mass is 32.2. The molecule has 0 unspecified atom stereocenters. The van der Waals surface area contributed by atoms with Crippen LogP contribution in [0.25, 0.3) is 17.2 Å². The molecule has 0 radical (unpaired) electrons. The van der Waals surface area contributed by atoms with Crippen LogP contribution in [0.5, 0.6) is 0 Å². The summed E-state index contributed by atoms with van der Waals surface area (Å²) in [6.45, 7) is 6.91. The van der Waals surface area contributed by atoms with Crippen molar-refractivity contribution >= 4 is 17.8 Å². The molecule has 0 spiro atoms. The minimum atomic E-state index is -4.36. The molecule has 1 aliphatic rings. The van der Waals surface area contributed by atoms with Crippen LogP contribution in [0.15, 0.2) is 95.5 Å². The molecule has 1 aliphatic carbocycles. The van der Waals surface area contributed by atoms with Gasteiger partial charge in [0.2, 0.25) is 0 Å². The number of hydrogen-bond donors (Lipinski definition) is 0. The maximum atomic E-state index is 13.0. The van der Waals surface area contributed by atoms with Gasteiger partial charge in [-0.3, -0.25) is 4.79 Å². The lowest BCUT2D eigenvalue weighted by Crippen LogP contribution is -2.23. The van der Waals surface area contributed by atoms with Crippen molar-refractivity contribution in [2.45, 2.75) is 56.4 Å². The molecular formula is C35H31F3N4OS. The zero-order valence-corrected chi connectivity index (χ0v) is 25.1. The second-order valence-corrected chi connectivity index (χ2v) is 11.9. The Morgan fingerprint density at radius 2 is 1.55 bits per heavy atom. The minimum absolute atomic E-state index is 0.133. The van der Waals surface area contributed by atoms with Gasteiger partial charge in [-0.25, -0.2) is 4.98 Å². The summed E-state index contributed by atoms with van der Waals surface area (Å²) in [5.41, 5.74) is 6.88. The Kier molecular flexibility index (Phi) is 8.31. The number of aromatic nitrogens is 4. The average molecular weight is 613 g/mol. The van der Waals surface area contributed by atoms with Crippen LogP contribution in [-0.4, -0.2) is 19.1 Å². The summed E-state index contributed by atoms with van der Waals surface area (Å²) < 4.78 is 43.2. The van der Waals surface area contributed by atoms with Gasteiger partial charge in [0.1, 0.15) is 5.82 Å². The molecular weight excluding hydrogens is 581 g/mol. The maximum absolute atomic E-state index is 13.0. The SMILES string of the molecule is C=Cc1ccc(CSc2nc(=O)c3c(n2Cc2ncc(C)n2Cc2ccc(-c4ccc(C(F)(F)F)cc4)cc2)CCC3)cc1. The number of hydrogen-bond acceptors (Lipinski definition) is 4. The zero-order valence-electron chi connectivity index (χ0n) is 24.3. The fourth-order valence-electron chi connectivity index (χ4n) is 5.59. The maximum Gasteiger partial charge on any atom is 0.416 e. The number of halogens is 3. The van der Waals surface area contributed by atoms with Gasteiger partial charge in [0.25, 0.3) is 5.56 Å². The van der Waals surface area contributed by atoms with E-state index < -0.39 is 11.7 Å². The normalized spacial score (nSPS) is 12.8. The van der Waals surface area contributed by atoms with Crippen molar-refractivity contribution < 1.29 is 13.2 Å². The number of benzene rings is 3. The Morgan fingerprint density at radius 3 is 2.20 bits per heavy atom. The molecule has 0 saturated carbocycles. The van der Waals surface area contributed by atoms with Gasteiger partial charge in [0, 0.05) is 35.4 Å². The first kappa shape index (κ1) is 29.7. The van der Waals surface area contributed by atoms with Crippen molar-refractivity contribution in [1.82, 2.24) is 19.1 Å². The van der Waals surface area contributed by atoms with E-state index in [9.17, 15) is 18.0 Å². The molecule has 5 nitrogen and oxygen atoms in total. The van der Waals surface area contributed by atoms with Crippen LogP contribution in [0, 0.1) is 6.92 Å². The first-order chi connectivity index (χ1) is 21.2. The lowest BCUT2D eigenvalue weighted by atomic mass is 10.0. The highest BCUT2D eigenvalue weighted by Gasteiger charge is 2.30. The molecule has 2 heterocycles. The van der Waals surface area contributed by atoms with E-state index in [1.165, 1.54) is 12.1 Å². The third-order valence-corrected chi connectivity index (χ3v) is 9.11. The average Bonchev–Trinajstić information content (AvgIpc) is 3.65. The largest absolute Gasteiger partial charge is 0.416 e. The van der Waals surface area contributed by atoms with Crippen LogP contribution in [0.1, 0.15) is 51.5 Å². The van der Waals surface area contributed by atoms with Gasteiger partial charge >= 0.3 is 6.18 Å². The Hall–Kier alpha value is -4.37. The third-order valence-electron chi connectivity index (χ3n) is 8.06. The molecule has 0 bridgehead atoms. The molecule has 0 atom stereocenters. The van der Waals surface area contributed by atoms with Gasteiger partial charge in [-0.05, 0) is 66.1 Å². The number of nitrogens with zero attached hydrogens (tertiary/aromatic N) is 4. The summed E-state index contributed by atoms with van der Waals surface area (Å²) >= 11 is 1.56. The van der Waals surface area contributed by atoms with Crippen LogP contribution in [0.2, 0.25) is 0 Å². The van der Waals surface area contributed by atoms with E-state index in [-0.39, 0.29) is 5.56 Å².